The van der Waals surface area contributed by atoms with Crippen LogP contribution in [-0.4, -0.2) is 11.2 Å². The fraction of sp³-hybridized carbons (Fsp3) is 0.462. The molecule has 0 aliphatic heterocycles. The summed E-state index contributed by atoms with van der Waals surface area (Å²) in [5.74, 6) is 0. The van der Waals surface area contributed by atoms with Gasteiger partial charge in [-0.3, -0.25) is 0 Å². The van der Waals surface area contributed by atoms with E-state index in [1.165, 1.54) is 0 Å². The fourth-order valence-electron chi connectivity index (χ4n) is 2.47. The highest BCUT2D eigenvalue weighted by atomic mass is 35.5. The fourth-order valence-corrected chi connectivity index (χ4v) is 2.77. The summed E-state index contributed by atoms with van der Waals surface area (Å²) in [6.45, 7) is 0. The molecule has 0 heterocycles. The maximum atomic E-state index is 9.75. The van der Waals surface area contributed by atoms with Crippen LogP contribution in [0.1, 0.15) is 31.2 Å². The number of aliphatic hydroxyl groups is 1. The number of nitriles is 1. The average molecular weight is 270 g/mol. The topological polar surface area (TPSA) is 44.0 Å². The van der Waals surface area contributed by atoms with Crippen molar-refractivity contribution in [2.75, 3.05) is 0 Å². The van der Waals surface area contributed by atoms with Crippen LogP contribution in [0.2, 0.25) is 10.0 Å². The van der Waals surface area contributed by atoms with E-state index in [1.807, 2.05) is 6.07 Å². The van der Waals surface area contributed by atoms with Crippen LogP contribution in [-0.2, 0) is 5.41 Å². The van der Waals surface area contributed by atoms with Gasteiger partial charge in [0.15, 0.2) is 0 Å². The van der Waals surface area contributed by atoms with E-state index in [1.54, 1.807) is 12.1 Å². The van der Waals surface area contributed by atoms with Gasteiger partial charge in [0.25, 0.3) is 0 Å². The first-order valence-electron chi connectivity index (χ1n) is 5.62. The van der Waals surface area contributed by atoms with Gasteiger partial charge in [-0.2, -0.15) is 5.26 Å². The van der Waals surface area contributed by atoms with Gasteiger partial charge in [0.1, 0.15) is 0 Å². The first-order chi connectivity index (χ1) is 8.07. The Morgan fingerprint density at radius 2 is 2.12 bits per heavy atom. The van der Waals surface area contributed by atoms with Crippen LogP contribution in [0.5, 0.6) is 0 Å². The lowest BCUT2D eigenvalue weighted by molar-refractivity contribution is 0.102. The van der Waals surface area contributed by atoms with Crippen LogP contribution in [0, 0.1) is 11.3 Å². The zero-order chi connectivity index (χ0) is 12.5. The van der Waals surface area contributed by atoms with Crippen molar-refractivity contribution in [3.05, 3.63) is 33.8 Å². The Hall–Kier alpha value is -0.750. The third-order valence-corrected chi connectivity index (χ3v) is 4.15. The second kappa shape index (κ2) is 4.86. The van der Waals surface area contributed by atoms with Gasteiger partial charge in [-0.1, -0.05) is 29.3 Å². The number of halogens is 2. The molecule has 0 unspecified atom stereocenters. The maximum Gasteiger partial charge on any atom is 0.0847 e. The highest BCUT2D eigenvalue weighted by molar-refractivity contribution is 6.42. The van der Waals surface area contributed by atoms with Gasteiger partial charge >= 0.3 is 0 Å². The zero-order valence-electron chi connectivity index (χ0n) is 9.29. The van der Waals surface area contributed by atoms with Crippen LogP contribution < -0.4 is 0 Å². The summed E-state index contributed by atoms with van der Waals surface area (Å²) in [7, 11) is 0. The summed E-state index contributed by atoms with van der Waals surface area (Å²) in [4.78, 5) is 0. The third-order valence-electron chi connectivity index (χ3n) is 3.41. The van der Waals surface area contributed by atoms with Crippen molar-refractivity contribution < 1.29 is 5.11 Å². The minimum absolute atomic E-state index is 0.405. The predicted molar refractivity (Wildman–Crippen MR) is 68.2 cm³/mol. The number of aliphatic hydroxyl groups excluding tert-OH is 1. The zero-order valence-corrected chi connectivity index (χ0v) is 10.8. The molecule has 4 heteroatoms. The lowest BCUT2D eigenvalue weighted by Gasteiger charge is -2.34. The molecule has 2 nitrogen and oxygen atoms in total. The summed E-state index contributed by atoms with van der Waals surface area (Å²) in [6, 6.07) is 7.63. The van der Waals surface area contributed by atoms with Crippen molar-refractivity contribution in [2.24, 2.45) is 0 Å². The predicted octanol–water partition coefficient (Wildman–Crippen LogP) is 3.69. The van der Waals surface area contributed by atoms with Crippen molar-refractivity contribution in [1.29, 1.82) is 5.26 Å². The Morgan fingerprint density at radius 3 is 2.71 bits per heavy atom. The monoisotopic (exact) mass is 269 g/mol. The normalized spacial score (nSPS) is 28.7. The molecule has 90 valence electrons. The number of benzene rings is 1. The second-order valence-electron chi connectivity index (χ2n) is 4.57. The molecule has 0 bridgehead atoms. The Labute approximate surface area is 111 Å². The van der Waals surface area contributed by atoms with E-state index >= 15 is 0 Å². The molecule has 1 aromatic carbocycles. The van der Waals surface area contributed by atoms with E-state index < -0.39 is 11.5 Å². The molecule has 1 saturated carbocycles. The van der Waals surface area contributed by atoms with Gasteiger partial charge < -0.3 is 5.11 Å². The second-order valence-corrected chi connectivity index (χ2v) is 5.39. The summed E-state index contributed by atoms with van der Waals surface area (Å²) in [5, 5.41) is 20.1. The number of hydrogen-bond donors (Lipinski definition) is 1. The Morgan fingerprint density at radius 1 is 1.35 bits per heavy atom. The van der Waals surface area contributed by atoms with E-state index in [0.717, 1.165) is 24.8 Å². The van der Waals surface area contributed by atoms with Crippen molar-refractivity contribution >= 4 is 23.2 Å². The smallest absolute Gasteiger partial charge is 0.0847 e. The Kier molecular flexibility index (Phi) is 3.63. The average Bonchev–Trinajstić information content (AvgIpc) is 2.32. The van der Waals surface area contributed by atoms with E-state index in [2.05, 4.69) is 6.07 Å². The lowest BCUT2D eigenvalue weighted by Crippen LogP contribution is -2.33. The van der Waals surface area contributed by atoms with Crippen LogP contribution in [0.3, 0.4) is 0 Å². The molecule has 2 rings (SSSR count). The van der Waals surface area contributed by atoms with Gasteiger partial charge in [-0.05, 0) is 43.4 Å². The lowest BCUT2D eigenvalue weighted by atomic mass is 9.69. The Balaban J connectivity index is 2.41. The first-order valence-corrected chi connectivity index (χ1v) is 6.38. The summed E-state index contributed by atoms with van der Waals surface area (Å²) < 4.78 is 0. The molecule has 1 N–H and O–H groups in total. The van der Waals surface area contributed by atoms with Gasteiger partial charge in [-0.25, -0.2) is 0 Å². The molecule has 0 aromatic heterocycles. The number of rotatable bonds is 1. The van der Waals surface area contributed by atoms with Crippen molar-refractivity contribution in [2.45, 2.75) is 37.2 Å². The SMILES string of the molecule is N#C[C@]1(c2ccc(Cl)c(Cl)c2)CCC[C@H](O)C1. The summed E-state index contributed by atoms with van der Waals surface area (Å²) in [6.07, 6.45) is 2.46. The standard InChI is InChI=1S/C13H13Cl2NO/c14-11-4-3-9(6-12(11)15)13(8-16)5-1-2-10(17)7-13/h3-4,6,10,17H,1-2,5,7H2/t10-,13-/m0/s1. The van der Waals surface area contributed by atoms with E-state index in [-0.39, 0.29) is 0 Å². The molecule has 2 atom stereocenters. The van der Waals surface area contributed by atoms with E-state index in [0.29, 0.717) is 16.5 Å². The Bertz CT molecular complexity index is 469. The quantitative estimate of drug-likeness (QED) is 0.845. The van der Waals surface area contributed by atoms with Crippen LogP contribution in [0.4, 0.5) is 0 Å². The largest absolute Gasteiger partial charge is 0.393 e. The van der Waals surface area contributed by atoms with Gasteiger partial charge in [0, 0.05) is 0 Å². The van der Waals surface area contributed by atoms with Crippen LogP contribution >= 0.6 is 23.2 Å². The van der Waals surface area contributed by atoms with Crippen LogP contribution in [0.25, 0.3) is 0 Å². The van der Waals surface area contributed by atoms with Crippen LogP contribution in [0.15, 0.2) is 18.2 Å². The van der Waals surface area contributed by atoms with E-state index in [4.69, 9.17) is 23.2 Å². The molecule has 0 spiro atoms. The first kappa shape index (κ1) is 12.7. The molecule has 17 heavy (non-hydrogen) atoms. The minimum atomic E-state index is -0.619. The highest BCUT2D eigenvalue weighted by Gasteiger charge is 2.37. The molecule has 1 aliphatic rings. The number of nitrogens with zero attached hydrogens (tertiary/aromatic N) is 1. The van der Waals surface area contributed by atoms with Crippen molar-refractivity contribution in [1.82, 2.24) is 0 Å². The minimum Gasteiger partial charge on any atom is -0.393 e. The summed E-state index contributed by atoms with van der Waals surface area (Å²) >= 11 is 11.9. The van der Waals surface area contributed by atoms with E-state index in [9.17, 15) is 10.4 Å². The van der Waals surface area contributed by atoms with Gasteiger partial charge in [-0.15, -0.1) is 0 Å². The van der Waals surface area contributed by atoms with Crippen molar-refractivity contribution in [3.8, 4) is 6.07 Å². The molecular formula is C13H13Cl2NO. The highest BCUT2D eigenvalue weighted by Crippen LogP contribution is 2.40. The molecule has 1 aliphatic carbocycles. The molecule has 1 aromatic rings. The van der Waals surface area contributed by atoms with Crippen molar-refractivity contribution in [3.63, 3.8) is 0 Å². The maximum absolute atomic E-state index is 9.75. The molecule has 0 radical (unpaired) electrons. The molecular weight excluding hydrogens is 257 g/mol. The van der Waals surface area contributed by atoms with Gasteiger partial charge in [0.2, 0.25) is 0 Å². The molecule has 0 saturated heterocycles. The summed E-state index contributed by atoms with van der Waals surface area (Å²) in [5.41, 5.74) is 0.236. The molecule has 1 fully saturated rings. The van der Waals surface area contributed by atoms with Gasteiger partial charge in [0.05, 0.1) is 27.6 Å². The third kappa shape index (κ3) is 2.42. The number of hydrogen-bond acceptors (Lipinski definition) is 2. The molecule has 0 amide bonds.